The van der Waals surface area contributed by atoms with E-state index < -0.39 is 12.0 Å². The lowest BCUT2D eigenvalue weighted by molar-refractivity contribution is -0.140. The fourth-order valence-corrected chi connectivity index (χ4v) is 2.76. The number of carboxylic acids is 1. The lowest BCUT2D eigenvalue weighted by Gasteiger charge is -2.27. The van der Waals surface area contributed by atoms with Crippen LogP contribution in [-0.2, 0) is 11.2 Å². The zero-order valence-corrected chi connectivity index (χ0v) is 12.7. The maximum Gasteiger partial charge on any atom is 0.326 e. The first-order chi connectivity index (χ1) is 9.95. The van der Waals surface area contributed by atoms with Crippen molar-refractivity contribution in [1.82, 2.24) is 5.32 Å². The Hall–Kier alpha value is -2.04. The van der Waals surface area contributed by atoms with Crippen molar-refractivity contribution in [3.63, 3.8) is 0 Å². The Morgan fingerprint density at radius 1 is 1.43 bits per heavy atom. The van der Waals surface area contributed by atoms with Crippen molar-refractivity contribution in [3.05, 3.63) is 29.8 Å². The molecule has 0 bridgehead atoms. The number of hydrogen-bond donors (Lipinski definition) is 2. The number of para-hydroxylation sites is 1. The van der Waals surface area contributed by atoms with Gasteiger partial charge in [0.25, 0.3) is 0 Å². The summed E-state index contributed by atoms with van der Waals surface area (Å²) >= 11 is 0. The molecule has 0 saturated heterocycles. The van der Waals surface area contributed by atoms with Gasteiger partial charge in [-0.2, -0.15) is 0 Å². The highest BCUT2D eigenvalue weighted by Crippen LogP contribution is 2.31. The van der Waals surface area contributed by atoms with Crippen molar-refractivity contribution in [2.75, 3.05) is 4.90 Å². The molecular weight excluding hydrogens is 268 g/mol. The van der Waals surface area contributed by atoms with Gasteiger partial charge >= 0.3 is 12.0 Å². The number of carbonyl (C=O) groups is 2. The van der Waals surface area contributed by atoms with Crippen LogP contribution in [0.4, 0.5) is 10.5 Å². The molecule has 1 heterocycles. The molecule has 2 N–H and O–H groups in total. The van der Waals surface area contributed by atoms with Gasteiger partial charge in [0.15, 0.2) is 0 Å². The standard InChI is InChI=1S/C16H22N2O3/c1-4-10(2)14(15(19)20)17-16(21)18-11(3)9-12-7-5-6-8-13(12)18/h5-8,10-11,14H,4,9H2,1-3H3,(H,17,21)(H,19,20). The van der Waals surface area contributed by atoms with Gasteiger partial charge < -0.3 is 10.4 Å². The van der Waals surface area contributed by atoms with Gasteiger partial charge in [-0.25, -0.2) is 9.59 Å². The van der Waals surface area contributed by atoms with Crippen molar-refractivity contribution in [3.8, 4) is 0 Å². The number of urea groups is 1. The van der Waals surface area contributed by atoms with Gasteiger partial charge in [-0.05, 0) is 30.9 Å². The Morgan fingerprint density at radius 3 is 2.71 bits per heavy atom. The van der Waals surface area contributed by atoms with E-state index in [0.29, 0.717) is 6.42 Å². The molecule has 114 valence electrons. The maximum atomic E-state index is 12.5. The minimum Gasteiger partial charge on any atom is -0.480 e. The van der Waals surface area contributed by atoms with E-state index in [9.17, 15) is 14.7 Å². The number of nitrogens with one attached hydrogen (secondary N) is 1. The molecular formula is C16H22N2O3. The van der Waals surface area contributed by atoms with Crippen LogP contribution in [0.25, 0.3) is 0 Å². The number of aliphatic carboxylic acids is 1. The number of fused-ring (bicyclic) bond motifs is 1. The van der Waals surface area contributed by atoms with Crippen molar-refractivity contribution in [2.45, 2.75) is 45.7 Å². The van der Waals surface area contributed by atoms with Gasteiger partial charge in [-0.3, -0.25) is 4.90 Å². The molecule has 1 aromatic carbocycles. The summed E-state index contributed by atoms with van der Waals surface area (Å²) in [5.74, 6) is -1.10. The summed E-state index contributed by atoms with van der Waals surface area (Å²) in [6, 6.07) is 6.59. The average molecular weight is 290 g/mol. The van der Waals surface area contributed by atoms with Gasteiger partial charge in [0, 0.05) is 11.7 Å². The Labute approximate surface area is 125 Å². The minimum atomic E-state index is -0.988. The van der Waals surface area contributed by atoms with Crippen molar-refractivity contribution >= 4 is 17.7 Å². The molecule has 2 rings (SSSR count). The number of amides is 2. The van der Waals surface area contributed by atoms with E-state index in [4.69, 9.17) is 0 Å². The highest BCUT2D eigenvalue weighted by Gasteiger charge is 2.34. The first-order valence-electron chi connectivity index (χ1n) is 7.36. The highest BCUT2D eigenvalue weighted by atomic mass is 16.4. The van der Waals surface area contributed by atoms with Gasteiger partial charge in [0.2, 0.25) is 0 Å². The summed E-state index contributed by atoms with van der Waals surface area (Å²) in [5.41, 5.74) is 1.99. The van der Waals surface area contributed by atoms with Crippen LogP contribution in [0.15, 0.2) is 24.3 Å². The Bertz CT molecular complexity index is 544. The molecule has 2 amide bonds. The van der Waals surface area contributed by atoms with Gasteiger partial charge in [0.1, 0.15) is 6.04 Å². The van der Waals surface area contributed by atoms with Gasteiger partial charge in [-0.15, -0.1) is 0 Å². The van der Waals surface area contributed by atoms with Gasteiger partial charge in [0.05, 0.1) is 0 Å². The molecule has 0 saturated carbocycles. The van der Waals surface area contributed by atoms with Crippen molar-refractivity contribution < 1.29 is 14.7 Å². The van der Waals surface area contributed by atoms with E-state index in [2.05, 4.69) is 5.32 Å². The zero-order chi connectivity index (χ0) is 15.6. The molecule has 5 heteroatoms. The fourth-order valence-electron chi connectivity index (χ4n) is 2.76. The molecule has 5 nitrogen and oxygen atoms in total. The lowest BCUT2D eigenvalue weighted by Crippen LogP contribution is -2.52. The molecule has 1 aliphatic heterocycles. The monoisotopic (exact) mass is 290 g/mol. The number of rotatable bonds is 4. The molecule has 1 aromatic rings. The maximum absolute atomic E-state index is 12.5. The van der Waals surface area contributed by atoms with Crippen LogP contribution in [-0.4, -0.2) is 29.2 Å². The van der Waals surface area contributed by atoms with Crippen LogP contribution in [0.3, 0.4) is 0 Å². The van der Waals surface area contributed by atoms with Crippen LogP contribution in [0.1, 0.15) is 32.8 Å². The number of carboxylic acid groups (broad SMARTS) is 1. The van der Waals surface area contributed by atoms with Crippen LogP contribution >= 0.6 is 0 Å². The molecule has 0 aromatic heterocycles. The molecule has 0 aliphatic carbocycles. The number of carbonyl (C=O) groups excluding carboxylic acids is 1. The Kier molecular flexibility index (Phi) is 4.50. The third-order valence-electron chi connectivity index (χ3n) is 4.18. The van der Waals surface area contributed by atoms with E-state index in [1.165, 1.54) is 0 Å². The summed E-state index contributed by atoms with van der Waals surface area (Å²) in [6.07, 6.45) is 1.49. The predicted molar refractivity (Wildman–Crippen MR) is 81.5 cm³/mol. The van der Waals surface area contributed by atoms with Gasteiger partial charge in [-0.1, -0.05) is 38.5 Å². The summed E-state index contributed by atoms with van der Waals surface area (Å²) in [6.45, 7) is 5.72. The highest BCUT2D eigenvalue weighted by molar-refractivity contribution is 5.97. The van der Waals surface area contributed by atoms with E-state index in [0.717, 1.165) is 17.7 Å². The predicted octanol–water partition coefficient (Wildman–Crippen LogP) is 2.65. The second-order valence-electron chi connectivity index (χ2n) is 5.70. The Morgan fingerprint density at radius 2 is 2.10 bits per heavy atom. The summed E-state index contributed by atoms with van der Waals surface area (Å²) in [7, 11) is 0. The fraction of sp³-hybridized carbons (Fsp3) is 0.500. The van der Waals surface area contributed by atoms with E-state index in [1.54, 1.807) is 4.90 Å². The molecule has 0 spiro atoms. The quantitative estimate of drug-likeness (QED) is 0.895. The first kappa shape index (κ1) is 15.4. The molecule has 3 atom stereocenters. The van der Waals surface area contributed by atoms with E-state index in [1.807, 2.05) is 45.0 Å². The molecule has 1 aliphatic rings. The molecule has 0 fully saturated rings. The van der Waals surface area contributed by atoms with E-state index >= 15 is 0 Å². The van der Waals surface area contributed by atoms with E-state index in [-0.39, 0.29) is 18.0 Å². The average Bonchev–Trinajstić information content (AvgIpc) is 2.79. The normalized spacial score (nSPS) is 19.8. The largest absolute Gasteiger partial charge is 0.480 e. The number of hydrogen-bond acceptors (Lipinski definition) is 2. The molecule has 0 radical (unpaired) electrons. The molecule has 21 heavy (non-hydrogen) atoms. The third-order valence-corrected chi connectivity index (χ3v) is 4.18. The second kappa shape index (κ2) is 6.16. The topological polar surface area (TPSA) is 69.6 Å². The first-order valence-corrected chi connectivity index (χ1v) is 7.36. The van der Waals surface area contributed by atoms with Crippen LogP contribution in [0.2, 0.25) is 0 Å². The van der Waals surface area contributed by atoms with Crippen LogP contribution in [0.5, 0.6) is 0 Å². The SMILES string of the molecule is CCC(C)C(NC(=O)N1c2ccccc2CC1C)C(=O)O. The second-order valence-corrected chi connectivity index (χ2v) is 5.70. The minimum absolute atomic E-state index is 0.0359. The third kappa shape index (κ3) is 3.01. The lowest BCUT2D eigenvalue weighted by atomic mass is 9.99. The van der Waals surface area contributed by atoms with Crippen LogP contribution in [0, 0.1) is 5.92 Å². The summed E-state index contributed by atoms with van der Waals surface area (Å²) < 4.78 is 0. The molecule has 3 unspecified atom stereocenters. The number of benzene rings is 1. The zero-order valence-electron chi connectivity index (χ0n) is 12.7. The summed E-state index contributed by atoms with van der Waals surface area (Å²) in [5, 5.41) is 12.0. The number of nitrogens with zero attached hydrogens (tertiary/aromatic N) is 1. The Balaban J connectivity index is 2.18. The van der Waals surface area contributed by atoms with Crippen molar-refractivity contribution in [1.29, 1.82) is 0 Å². The van der Waals surface area contributed by atoms with Crippen LogP contribution < -0.4 is 10.2 Å². The smallest absolute Gasteiger partial charge is 0.326 e. The summed E-state index contributed by atoms with van der Waals surface area (Å²) in [4.78, 5) is 25.5. The van der Waals surface area contributed by atoms with Crippen molar-refractivity contribution in [2.24, 2.45) is 5.92 Å². The number of anilines is 1.